The van der Waals surface area contributed by atoms with Gasteiger partial charge in [0.1, 0.15) is 6.04 Å². The summed E-state index contributed by atoms with van der Waals surface area (Å²) in [6.07, 6.45) is 12.6. The Bertz CT molecular complexity index is 934. The van der Waals surface area contributed by atoms with Gasteiger partial charge in [-0.05, 0) is 57.6 Å². The van der Waals surface area contributed by atoms with E-state index in [4.69, 9.17) is 0 Å². The maximum Gasteiger partial charge on any atom is 0.323 e. The van der Waals surface area contributed by atoms with Crippen LogP contribution in [0.15, 0.2) is 24.3 Å². The summed E-state index contributed by atoms with van der Waals surface area (Å²) in [4.78, 5) is 30.1. The van der Waals surface area contributed by atoms with E-state index >= 15 is 0 Å². The second-order valence-corrected chi connectivity index (χ2v) is 11.2. The number of amides is 1. The molecule has 4 N–H and O–H groups in total. The second-order valence-electron chi connectivity index (χ2n) is 11.2. The third-order valence-corrected chi connectivity index (χ3v) is 8.88. The Labute approximate surface area is 208 Å². The number of carbonyl (C=O) groups is 2. The number of para-hydroxylation sites is 2. The number of hydrogen-bond acceptors (Lipinski definition) is 6. The molecule has 1 aromatic carbocycles. The highest BCUT2D eigenvalue weighted by molar-refractivity contribution is 6.05. The standard InChI is InChI=1S/C27H40N4O4/c1-27-14-13-19(31(27)18-9-5-3-2-4-6-10-18)15-20(16-27)30-23-12-8-7-11-21(23)28-24(25(30)33)29-22(17-32)26(34)35/h7-8,11-12,18-20,22,24,28-29,32H,2-6,9-10,13-17H2,1H3,(H,34,35)/t19-,20+,22+,24?,27+/m1/s1. The van der Waals surface area contributed by atoms with E-state index in [1.807, 2.05) is 29.2 Å². The van der Waals surface area contributed by atoms with Crippen molar-refractivity contribution in [2.24, 2.45) is 0 Å². The number of carboxylic acids is 1. The molecule has 3 aliphatic heterocycles. The van der Waals surface area contributed by atoms with Gasteiger partial charge in [-0.25, -0.2) is 0 Å². The minimum atomic E-state index is -1.21. The molecule has 1 unspecified atom stereocenters. The number of nitrogens with one attached hydrogen (secondary N) is 2. The molecule has 0 spiro atoms. The fourth-order valence-corrected chi connectivity index (χ4v) is 7.35. The van der Waals surface area contributed by atoms with Crippen LogP contribution in [0.3, 0.4) is 0 Å². The summed E-state index contributed by atoms with van der Waals surface area (Å²) >= 11 is 0. The molecule has 5 atom stereocenters. The van der Waals surface area contributed by atoms with Crippen molar-refractivity contribution in [1.82, 2.24) is 10.2 Å². The summed E-state index contributed by atoms with van der Waals surface area (Å²) in [7, 11) is 0. The average molecular weight is 485 g/mol. The highest BCUT2D eigenvalue weighted by Gasteiger charge is 2.53. The van der Waals surface area contributed by atoms with E-state index in [2.05, 4.69) is 22.5 Å². The molecule has 1 saturated carbocycles. The number of fused-ring (bicyclic) bond motifs is 3. The molecule has 3 heterocycles. The van der Waals surface area contributed by atoms with E-state index in [-0.39, 0.29) is 17.5 Å². The van der Waals surface area contributed by atoms with Gasteiger partial charge in [0.25, 0.3) is 5.91 Å². The van der Waals surface area contributed by atoms with Gasteiger partial charge < -0.3 is 20.4 Å². The lowest BCUT2D eigenvalue weighted by Crippen LogP contribution is -2.65. The maximum absolute atomic E-state index is 13.8. The minimum Gasteiger partial charge on any atom is -0.480 e. The van der Waals surface area contributed by atoms with Crippen molar-refractivity contribution in [3.63, 3.8) is 0 Å². The molecule has 5 rings (SSSR count). The lowest BCUT2D eigenvalue weighted by molar-refractivity contribution is -0.140. The number of aliphatic carboxylic acids is 1. The second kappa shape index (κ2) is 10.1. The van der Waals surface area contributed by atoms with Gasteiger partial charge in [0, 0.05) is 23.7 Å². The first-order chi connectivity index (χ1) is 16.9. The van der Waals surface area contributed by atoms with Gasteiger partial charge in [0.05, 0.1) is 18.0 Å². The van der Waals surface area contributed by atoms with Crippen molar-refractivity contribution in [2.45, 2.75) is 113 Å². The first-order valence-electron chi connectivity index (χ1n) is 13.5. The fraction of sp³-hybridized carbons (Fsp3) is 0.704. The zero-order chi connectivity index (χ0) is 24.6. The van der Waals surface area contributed by atoms with Gasteiger partial charge in [0.15, 0.2) is 6.17 Å². The van der Waals surface area contributed by atoms with E-state index < -0.39 is 24.8 Å². The minimum absolute atomic E-state index is 0.0646. The van der Waals surface area contributed by atoms with Crippen molar-refractivity contribution < 1.29 is 19.8 Å². The summed E-state index contributed by atoms with van der Waals surface area (Å²) in [5, 5.41) is 24.9. The Morgan fingerprint density at radius 3 is 2.51 bits per heavy atom. The highest BCUT2D eigenvalue weighted by Crippen LogP contribution is 2.49. The predicted molar refractivity (Wildman–Crippen MR) is 135 cm³/mol. The molecule has 2 saturated heterocycles. The summed E-state index contributed by atoms with van der Waals surface area (Å²) in [6, 6.07) is 7.75. The zero-order valence-electron chi connectivity index (χ0n) is 20.8. The summed E-state index contributed by atoms with van der Waals surface area (Å²) in [6.45, 7) is 1.82. The van der Waals surface area contributed by atoms with Gasteiger partial charge in [-0.3, -0.25) is 19.8 Å². The molecule has 2 bridgehead atoms. The monoisotopic (exact) mass is 484 g/mol. The predicted octanol–water partition coefficient (Wildman–Crippen LogP) is 3.30. The maximum atomic E-state index is 13.8. The summed E-state index contributed by atoms with van der Waals surface area (Å²) < 4.78 is 0. The smallest absolute Gasteiger partial charge is 0.323 e. The molecule has 192 valence electrons. The number of carboxylic acid groups (broad SMARTS) is 1. The van der Waals surface area contributed by atoms with Crippen molar-refractivity contribution in [3.05, 3.63) is 24.3 Å². The van der Waals surface area contributed by atoms with Crippen molar-refractivity contribution in [3.8, 4) is 0 Å². The van der Waals surface area contributed by atoms with Crippen LogP contribution in [0, 0.1) is 0 Å². The van der Waals surface area contributed by atoms with Crippen LogP contribution in [0.2, 0.25) is 0 Å². The molecule has 1 aliphatic carbocycles. The van der Waals surface area contributed by atoms with E-state index in [9.17, 15) is 19.8 Å². The Morgan fingerprint density at radius 2 is 1.83 bits per heavy atom. The van der Waals surface area contributed by atoms with Gasteiger partial charge in [-0.15, -0.1) is 0 Å². The molecule has 8 nitrogen and oxygen atoms in total. The highest BCUT2D eigenvalue weighted by atomic mass is 16.4. The van der Waals surface area contributed by atoms with Crippen LogP contribution in [0.1, 0.15) is 77.6 Å². The number of nitrogens with zero attached hydrogens (tertiary/aromatic N) is 2. The van der Waals surface area contributed by atoms with E-state index in [0.29, 0.717) is 12.1 Å². The Hall–Kier alpha value is -2.16. The molecule has 0 aromatic heterocycles. The molecule has 1 aromatic rings. The van der Waals surface area contributed by atoms with Crippen LogP contribution in [0.5, 0.6) is 0 Å². The van der Waals surface area contributed by atoms with Gasteiger partial charge in [-0.1, -0.05) is 44.2 Å². The Morgan fingerprint density at radius 1 is 1.11 bits per heavy atom. The molecular formula is C27H40N4O4. The number of aliphatic hydroxyl groups is 1. The van der Waals surface area contributed by atoms with E-state index in [0.717, 1.165) is 24.2 Å². The Kier molecular flexibility index (Phi) is 7.06. The largest absolute Gasteiger partial charge is 0.480 e. The number of piperidine rings is 1. The molecule has 3 fully saturated rings. The van der Waals surface area contributed by atoms with Crippen LogP contribution in [0.25, 0.3) is 0 Å². The van der Waals surface area contributed by atoms with Crippen LogP contribution >= 0.6 is 0 Å². The molecule has 8 heteroatoms. The van der Waals surface area contributed by atoms with Crippen molar-refractivity contribution in [2.75, 3.05) is 16.8 Å². The normalized spacial score (nSPS) is 32.9. The number of anilines is 2. The topological polar surface area (TPSA) is 105 Å². The quantitative estimate of drug-likeness (QED) is 0.491. The third kappa shape index (κ3) is 4.68. The zero-order valence-corrected chi connectivity index (χ0v) is 20.8. The molecule has 1 amide bonds. The number of carbonyl (C=O) groups excluding carboxylic acids is 1. The Balaban J connectivity index is 1.40. The van der Waals surface area contributed by atoms with Crippen LogP contribution in [-0.4, -0.2) is 69.5 Å². The van der Waals surface area contributed by atoms with Crippen molar-refractivity contribution >= 4 is 23.3 Å². The first kappa shape index (κ1) is 24.5. The van der Waals surface area contributed by atoms with Crippen LogP contribution < -0.4 is 15.5 Å². The van der Waals surface area contributed by atoms with Gasteiger partial charge in [0.2, 0.25) is 0 Å². The fourth-order valence-electron chi connectivity index (χ4n) is 7.35. The summed E-state index contributed by atoms with van der Waals surface area (Å²) in [5.41, 5.74) is 1.75. The van der Waals surface area contributed by atoms with Crippen LogP contribution in [0.4, 0.5) is 11.4 Å². The summed E-state index contributed by atoms with van der Waals surface area (Å²) in [5.74, 6) is -1.35. The number of benzene rings is 1. The SMILES string of the molecule is C[C@]12CC[C@H](C[C@H](N3C(=O)C(N[C@@H](CO)C(=O)O)Nc4ccccc43)C1)N2C1CCCCCCC1. The van der Waals surface area contributed by atoms with Crippen molar-refractivity contribution in [1.29, 1.82) is 0 Å². The number of rotatable bonds is 6. The lowest BCUT2D eigenvalue weighted by Gasteiger charge is -2.53. The number of hydrogen-bond donors (Lipinski definition) is 4. The van der Waals surface area contributed by atoms with Gasteiger partial charge >= 0.3 is 5.97 Å². The van der Waals surface area contributed by atoms with E-state index in [1.54, 1.807) is 0 Å². The lowest BCUT2D eigenvalue weighted by atomic mass is 9.82. The van der Waals surface area contributed by atoms with Crippen LogP contribution in [-0.2, 0) is 9.59 Å². The molecule has 35 heavy (non-hydrogen) atoms. The average Bonchev–Trinajstić information content (AvgIpc) is 3.01. The van der Waals surface area contributed by atoms with Gasteiger partial charge in [-0.2, -0.15) is 0 Å². The third-order valence-electron chi connectivity index (χ3n) is 8.88. The first-order valence-corrected chi connectivity index (χ1v) is 13.5. The number of aliphatic hydroxyl groups excluding tert-OH is 1. The molecular weight excluding hydrogens is 444 g/mol. The molecule has 4 aliphatic rings. The van der Waals surface area contributed by atoms with E-state index in [1.165, 1.54) is 57.8 Å². The molecule has 0 radical (unpaired) electrons.